The van der Waals surface area contributed by atoms with Gasteiger partial charge >= 0.3 is 12.1 Å². The van der Waals surface area contributed by atoms with Crippen LogP contribution in [0.4, 0.5) is 4.79 Å². The number of likely N-dealkylation sites (tertiary alicyclic amines) is 6. The minimum Gasteiger partial charge on any atom is -0.480 e. The maximum atomic E-state index is 11.4. The van der Waals surface area contributed by atoms with Crippen LogP contribution in [0.5, 0.6) is 0 Å². The fourth-order valence-corrected chi connectivity index (χ4v) is 23.9. The van der Waals surface area contributed by atoms with Crippen molar-refractivity contribution in [3.05, 3.63) is 5.82 Å². The maximum absolute atomic E-state index is 11.4. The molecule has 14 aliphatic rings. The molecule has 19 nitrogen and oxygen atoms in total. The summed E-state index contributed by atoms with van der Waals surface area (Å²) in [6, 6.07) is -0.704. The van der Waals surface area contributed by atoms with Crippen molar-refractivity contribution in [2.75, 3.05) is 126 Å². The summed E-state index contributed by atoms with van der Waals surface area (Å²) in [6.07, 6.45) is 42.4. The fraction of sp³-hybridized carbons (Fsp3) is 0.947. The number of carbonyl (C=O) groups excluding carboxylic acids is 3. The van der Waals surface area contributed by atoms with Crippen molar-refractivity contribution in [2.24, 2.45) is 138 Å². The van der Waals surface area contributed by atoms with Crippen LogP contribution in [0.1, 0.15) is 315 Å². The lowest BCUT2D eigenvalue weighted by Gasteiger charge is -2.54. The van der Waals surface area contributed by atoms with Crippen LogP contribution in [-0.2, 0) is 25.7 Å². The summed E-state index contributed by atoms with van der Waals surface area (Å²) in [5, 5.41) is 23.0. The van der Waals surface area contributed by atoms with Crippen LogP contribution >= 0.6 is 0 Å². The molecule has 19 heteroatoms. The van der Waals surface area contributed by atoms with E-state index < -0.39 is 12.0 Å². The van der Waals surface area contributed by atoms with E-state index in [1.54, 1.807) is 6.92 Å². The first kappa shape index (κ1) is 94.4. The Morgan fingerprint density at radius 1 is 0.465 bits per heavy atom. The summed E-state index contributed by atoms with van der Waals surface area (Å²) in [5.74, 6) is 13.5. The number of nitrogens with zero attached hydrogens (tertiary/aromatic N) is 10. The van der Waals surface area contributed by atoms with Crippen molar-refractivity contribution in [3.8, 4) is 0 Å². The molecule has 0 aromatic carbocycles. The highest BCUT2D eigenvalue weighted by Crippen LogP contribution is 2.61. The number of tetrazole rings is 1. The van der Waals surface area contributed by atoms with Gasteiger partial charge in [-0.15, -0.1) is 10.2 Å². The number of carbonyl (C=O) groups is 4. The molecule has 15 rings (SSSR count). The number of rotatable bonds is 18. The molecule has 1 unspecified atom stereocenters. The zero-order chi connectivity index (χ0) is 83.1. The predicted molar refractivity (Wildman–Crippen MR) is 466 cm³/mol. The Labute approximate surface area is 696 Å². The largest absolute Gasteiger partial charge is 0.480 e. The summed E-state index contributed by atoms with van der Waals surface area (Å²) >= 11 is 0. The number of piperidine rings is 6. The van der Waals surface area contributed by atoms with E-state index in [2.05, 4.69) is 163 Å². The second kappa shape index (κ2) is 41.9. The fourth-order valence-electron chi connectivity index (χ4n) is 23.9. The average molecular weight is 1600 g/mol. The van der Waals surface area contributed by atoms with E-state index in [0.29, 0.717) is 45.8 Å². The number of ether oxygens (including phenoxy) is 1. The molecule has 0 bridgehead atoms. The number of likely N-dealkylation sites (N-methyl/N-ethyl adjacent to an activating group) is 1. The molecule has 3 amide bonds. The van der Waals surface area contributed by atoms with Gasteiger partial charge < -0.3 is 50.7 Å². The van der Waals surface area contributed by atoms with Gasteiger partial charge in [-0.25, -0.2) is 4.79 Å². The Morgan fingerprint density at radius 3 is 1.04 bits per heavy atom. The van der Waals surface area contributed by atoms with Gasteiger partial charge in [0.25, 0.3) is 0 Å². The smallest absolute Gasteiger partial charge is 0.409 e. The number of nitrogens with two attached hydrogens (primary N) is 2. The minimum atomic E-state index is -0.882. The van der Waals surface area contributed by atoms with Crippen molar-refractivity contribution in [3.63, 3.8) is 0 Å². The molecule has 6 aliphatic heterocycles. The molecule has 1 aromatic heterocycles. The summed E-state index contributed by atoms with van der Waals surface area (Å²) < 4.78 is 4.76. The van der Waals surface area contributed by atoms with Crippen molar-refractivity contribution in [1.29, 1.82) is 0 Å². The normalized spacial score (nSPS) is 29.5. The van der Waals surface area contributed by atoms with E-state index >= 15 is 0 Å². The van der Waals surface area contributed by atoms with E-state index in [9.17, 15) is 19.2 Å². The van der Waals surface area contributed by atoms with Gasteiger partial charge in [0.1, 0.15) is 6.04 Å². The number of carboxylic acids is 1. The van der Waals surface area contributed by atoms with Gasteiger partial charge in [0.2, 0.25) is 11.8 Å². The molecule has 6 N–H and O–H groups in total. The van der Waals surface area contributed by atoms with Crippen molar-refractivity contribution in [1.82, 2.24) is 54.9 Å². The van der Waals surface area contributed by atoms with Crippen LogP contribution in [-0.4, -0.2) is 216 Å². The van der Waals surface area contributed by atoms with E-state index in [0.717, 1.165) is 152 Å². The number of amides is 3. The third-order valence-corrected chi connectivity index (χ3v) is 34.0. The lowest BCUT2D eigenvalue weighted by molar-refractivity contribution is -0.139. The van der Waals surface area contributed by atoms with Gasteiger partial charge in [-0.1, -0.05) is 102 Å². The standard InChI is InChI=1S/C15H28N2O2.C15H30N2.C14H25NO.C13H23N5.C13H23NO2.C13H23NO.C12H23N/c1-11(2)12-9-15(10-12)4-7-17(8-5-15)6-3-13(16)14(18)19;1-13(2)14-11-15(12-14)5-7-17(8-6-15)10-9-16(3)4;1-10(2)12-8-14(9-12)5-3-11(4-6-14)7-13(15)16;1-10(2)11-7-13(8-11)3-5-18(6-4-13)9-12-14-16-17-15-12;1-10(2)11-8-13(9-11)4-6-14(7-5-13)12(15)16-3;1-10(2)12-8-13(9-12)4-6-14(7-5-13)11(3)15;1-10(2)11-8-12(9-11)4-6-13(3)7-5-12/h11-13H,3-10,16H2,1-2H3,(H,18,19);13-14H,5-12H2,1-4H3;10-12H,3-9H2,1-2H3,(H2,15,16);10-11H,3-9H2,1-2H3,(H,14,15,16,17);10-11H,4-9H2,1-3H3;10,12H,4-9H2,1-3H3;10-11H,4-9H2,1-3H3. The Hall–Kier alpha value is -3.49. The first-order valence-electron chi connectivity index (χ1n) is 47.4. The van der Waals surface area contributed by atoms with E-state index in [4.69, 9.17) is 21.3 Å². The van der Waals surface area contributed by atoms with Crippen molar-refractivity contribution < 1.29 is 29.0 Å². The highest BCUT2D eigenvalue weighted by molar-refractivity contribution is 5.74. The average Bonchev–Trinajstić information content (AvgIpc) is 1.18. The molecule has 14 fully saturated rings. The molecule has 114 heavy (non-hydrogen) atoms. The van der Waals surface area contributed by atoms with Crippen LogP contribution in [0.2, 0.25) is 0 Å². The number of primary amides is 1. The van der Waals surface area contributed by atoms with Gasteiger partial charge in [0, 0.05) is 59.2 Å². The molecule has 1 atom stereocenters. The van der Waals surface area contributed by atoms with E-state index in [-0.39, 0.29) is 17.9 Å². The lowest BCUT2D eigenvalue weighted by atomic mass is 9.52. The van der Waals surface area contributed by atoms with Crippen molar-refractivity contribution in [2.45, 2.75) is 322 Å². The molecule has 8 saturated carbocycles. The van der Waals surface area contributed by atoms with Crippen LogP contribution in [0.25, 0.3) is 0 Å². The molecule has 6 saturated heterocycles. The Bertz CT molecular complexity index is 2970. The molecular weight excluding hydrogens is 1420 g/mol. The third-order valence-electron chi connectivity index (χ3n) is 34.0. The number of aliphatic carboxylic acids is 1. The van der Waals surface area contributed by atoms with Gasteiger partial charge in [0.05, 0.1) is 13.7 Å². The van der Waals surface area contributed by atoms with Crippen molar-refractivity contribution >= 4 is 23.9 Å². The number of aromatic nitrogens is 4. The molecular formula is C95H175N13O6. The molecule has 7 spiro atoms. The second-order valence-electron chi connectivity index (χ2n) is 44.6. The number of hydrogen-bond acceptors (Lipinski definition) is 14. The summed E-state index contributed by atoms with van der Waals surface area (Å²) in [4.78, 5) is 60.3. The number of hydrogen-bond donors (Lipinski definition) is 4. The summed E-state index contributed by atoms with van der Waals surface area (Å²) in [6.45, 7) is 52.6. The Morgan fingerprint density at radius 2 is 0.763 bits per heavy atom. The number of aromatic amines is 1. The van der Waals surface area contributed by atoms with Crippen LogP contribution in [0, 0.1) is 127 Å². The number of methoxy groups -OCH3 is 1. The lowest BCUT2D eigenvalue weighted by Crippen LogP contribution is -2.49. The van der Waals surface area contributed by atoms with Crippen LogP contribution in [0.3, 0.4) is 0 Å². The van der Waals surface area contributed by atoms with Gasteiger partial charge in [-0.3, -0.25) is 19.3 Å². The number of nitrogens with one attached hydrogen (secondary N) is 1. The summed E-state index contributed by atoms with van der Waals surface area (Å²) in [5.41, 5.74) is 15.5. The monoisotopic (exact) mass is 1590 g/mol. The van der Waals surface area contributed by atoms with Gasteiger partial charge in [-0.2, -0.15) is 5.21 Å². The Balaban J connectivity index is 0.000000153. The number of H-pyrrole nitrogens is 1. The first-order valence-corrected chi connectivity index (χ1v) is 47.4. The Kier molecular flexibility index (Phi) is 34.6. The highest BCUT2D eigenvalue weighted by atomic mass is 16.5. The predicted octanol–water partition coefficient (Wildman–Crippen LogP) is 17.9. The molecule has 0 radical (unpaired) electrons. The second-order valence-corrected chi connectivity index (χ2v) is 44.6. The quantitative estimate of drug-likeness (QED) is 0.107. The third kappa shape index (κ3) is 26.5. The van der Waals surface area contributed by atoms with Gasteiger partial charge in [0.15, 0.2) is 5.82 Å². The number of carboxylic acid groups (broad SMARTS) is 1. The maximum Gasteiger partial charge on any atom is 0.409 e. The molecule has 8 aliphatic carbocycles. The molecule has 1 aromatic rings. The zero-order valence-electron chi connectivity index (χ0n) is 76.8. The topological polar surface area (TPSA) is 227 Å². The zero-order valence-corrected chi connectivity index (χ0v) is 76.8. The summed E-state index contributed by atoms with van der Waals surface area (Å²) in [7, 11) is 8.06. The first-order chi connectivity index (χ1) is 53.8. The molecule has 656 valence electrons. The van der Waals surface area contributed by atoms with E-state index in [1.807, 2.05) is 9.80 Å². The van der Waals surface area contributed by atoms with E-state index in [1.165, 1.54) is 252 Å². The van der Waals surface area contributed by atoms with Gasteiger partial charge in [-0.05, 0) is 399 Å². The SMILES string of the molecule is CC(=O)N1CCC2(CC1)CC(C(C)C)C2.CC(C)C1CC2(CCC(CC(N)=O)CC2)C1.CC(C)C1CC2(CCN(C)CC2)C1.CC(C)C1CC2(CCN(CCC(N)C(=O)O)CC2)C1.CC(C)C1CC2(CCN(CCN(C)C)CC2)C1.CC(C)C1CC2(CCN(Cc3nn[nH]n3)CC2)C1.COC(=O)N1CCC2(CC1)CC(C(C)C)C2. The van der Waals surface area contributed by atoms with Crippen LogP contribution in [0.15, 0.2) is 0 Å². The highest BCUT2D eigenvalue weighted by Gasteiger charge is 2.53. The molecule has 7 heterocycles. The van der Waals surface area contributed by atoms with Crippen LogP contribution < -0.4 is 11.5 Å². The minimum absolute atomic E-state index is 0.116.